The summed E-state index contributed by atoms with van der Waals surface area (Å²) in [4.78, 5) is 12.7. The summed E-state index contributed by atoms with van der Waals surface area (Å²) in [5.41, 5.74) is 3.38. The van der Waals surface area contributed by atoms with E-state index in [1.54, 1.807) is 14.2 Å². The lowest BCUT2D eigenvalue weighted by atomic mass is 10.1. The molecule has 1 heterocycles. The van der Waals surface area contributed by atoms with Gasteiger partial charge in [0.05, 0.1) is 25.5 Å². The van der Waals surface area contributed by atoms with Crippen LogP contribution in [0.2, 0.25) is 0 Å². The molecule has 8 nitrogen and oxygen atoms in total. The number of carbonyl (C=O) groups is 1. The zero-order chi connectivity index (χ0) is 24.3. The topological polar surface area (TPSA) is 113 Å². The Morgan fingerprint density at radius 3 is 2.24 bits per heavy atom. The van der Waals surface area contributed by atoms with E-state index in [1.807, 2.05) is 48.7 Å². The number of hydrogen-bond acceptors (Lipinski definition) is 5. The van der Waals surface area contributed by atoms with Crippen molar-refractivity contribution in [3.8, 4) is 11.5 Å². The first-order chi connectivity index (χ1) is 16.3. The molecule has 0 aliphatic heterocycles. The number of fused-ring (bicyclic) bond motifs is 1. The van der Waals surface area contributed by atoms with Crippen LogP contribution in [-0.2, 0) is 27.8 Å². The Bertz CT molecular complexity index is 1420. The summed E-state index contributed by atoms with van der Waals surface area (Å²) in [5, 5.41) is 8.91. The summed E-state index contributed by atoms with van der Waals surface area (Å²) in [6, 6.07) is 19.4. The van der Waals surface area contributed by atoms with Crippen molar-refractivity contribution in [2.45, 2.75) is 17.9 Å². The molecule has 176 valence electrons. The monoisotopic (exact) mass is 479 g/mol. The van der Waals surface area contributed by atoms with Crippen LogP contribution in [0.5, 0.6) is 11.5 Å². The molecule has 0 aliphatic carbocycles. The van der Waals surface area contributed by atoms with Crippen LogP contribution in [0.25, 0.3) is 10.9 Å². The highest BCUT2D eigenvalue weighted by molar-refractivity contribution is 7.89. The van der Waals surface area contributed by atoms with Crippen LogP contribution in [0.15, 0.2) is 77.8 Å². The largest absolute Gasteiger partial charge is 0.497 e. The molecule has 34 heavy (non-hydrogen) atoms. The summed E-state index contributed by atoms with van der Waals surface area (Å²) < 4.78 is 35.7. The Hall–Kier alpha value is -3.82. The normalized spacial score (nSPS) is 11.4. The number of amides is 1. The number of para-hydroxylation sites is 1. The second kappa shape index (κ2) is 9.58. The van der Waals surface area contributed by atoms with E-state index in [-0.39, 0.29) is 17.2 Å². The number of rotatable bonds is 8. The van der Waals surface area contributed by atoms with Gasteiger partial charge in [-0.25, -0.2) is 13.6 Å². The summed E-state index contributed by atoms with van der Waals surface area (Å²) >= 11 is 0. The standard InChI is InChI=1S/C25H25N3O5S/c1-32-20-11-17(12-21(14-20)33-2)15-28-16-18(23-5-3-4-6-24(23)28)13-25(29)27-19-7-9-22(10-8-19)34(26,30)31/h3-12,14,16H,13,15H2,1-2H3,(H,27,29)(H2,26,30,31). The van der Waals surface area contributed by atoms with Crippen LogP contribution in [-0.4, -0.2) is 33.1 Å². The zero-order valence-corrected chi connectivity index (χ0v) is 19.6. The van der Waals surface area contributed by atoms with Gasteiger partial charge >= 0.3 is 0 Å². The second-order valence-electron chi connectivity index (χ2n) is 7.81. The minimum absolute atomic E-state index is 0.0113. The lowest BCUT2D eigenvalue weighted by Crippen LogP contribution is -2.15. The first-order valence-corrected chi connectivity index (χ1v) is 12.0. The van der Waals surface area contributed by atoms with E-state index < -0.39 is 10.0 Å². The molecule has 0 unspecified atom stereocenters. The van der Waals surface area contributed by atoms with Gasteiger partial charge in [0.1, 0.15) is 11.5 Å². The molecule has 3 N–H and O–H groups in total. The molecule has 1 aromatic heterocycles. The van der Waals surface area contributed by atoms with E-state index in [1.165, 1.54) is 24.3 Å². The predicted octanol–water partition coefficient (Wildman–Crippen LogP) is 3.54. The number of sulfonamides is 1. The molecule has 3 aromatic carbocycles. The van der Waals surface area contributed by atoms with E-state index in [2.05, 4.69) is 9.88 Å². The lowest BCUT2D eigenvalue weighted by Gasteiger charge is -2.10. The van der Waals surface area contributed by atoms with Gasteiger partial charge in [0, 0.05) is 35.4 Å². The van der Waals surface area contributed by atoms with Crippen molar-refractivity contribution in [3.63, 3.8) is 0 Å². The average Bonchev–Trinajstić information content (AvgIpc) is 3.15. The number of benzene rings is 3. The number of hydrogen-bond donors (Lipinski definition) is 2. The van der Waals surface area contributed by atoms with Crippen LogP contribution in [0.4, 0.5) is 5.69 Å². The summed E-state index contributed by atoms with van der Waals surface area (Å²) in [6.45, 7) is 0.574. The molecule has 0 bridgehead atoms. The number of anilines is 1. The second-order valence-corrected chi connectivity index (χ2v) is 9.38. The maximum Gasteiger partial charge on any atom is 0.238 e. The molecule has 0 aliphatic rings. The summed E-state index contributed by atoms with van der Waals surface area (Å²) in [6.07, 6.45) is 2.13. The number of nitrogens with one attached hydrogen (secondary N) is 1. The molecule has 0 atom stereocenters. The minimum Gasteiger partial charge on any atom is -0.497 e. The quantitative estimate of drug-likeness (QED) is 0.401. The van der Waals surface area contributed by atoms with Crippen molar-refractivity contribution in [1.82, 2.24) is 4.57 Å². The molecule has 0 radical (unpaired) electrons. The van der Waals surface area contributed by atoms with Gasteiger partial charge in [-0.1, -0.05) is 18.2 Å². The van der Waals surface area contributed by atoms with E-state index in [0.29, 0.717) is 23.7 Å². The van der Waals surface area contributed by atoms with E-state index in [4.69, 9.17) is 14.6 Å². The number of nitrogens with zero attached hydrogens (tertiary/aromatic N) is 1. The molecule has 0 saturated heterocycles. The Kier molecular flexibility index (Phi) is 6.58. The van der Waals surface area contributed by atoms with Gasteiger partial charge in [-0.05, 0) is 53.6 Å². The highest BCUT2D eigenvalue weighted by atomic mass is 32.2. The van der Waals surface area contributed by atoms with Gasteiger partial charge < -0.3 is 19.4 Å². The highest BCUT2D eigenvalue weighted by Gasteiger charge is 2.14. The van der Waals surface area contributed by atoms with Gasteiger partial charge in [-0.3, -0.25) is 4.79 Å². The van der Waals surface area contributed by atoms with E-state index in [0.717, 1.165) is 22.0 Å². The third-order valence-corrected chi connectivity index (χ3v) is 6.38. The molecule has 0 spiro atoms. The highest BCUT2D eigenvalue weighted by Crippen LogP contribution is 2.27. The third-order valence-electron chi connectivity index (χ3n) is 5.45. The van der Waals surface area contributed by atoms with Crippen molar-refractivity contribution < 1.29 is 22.7 Å². The average molecular weight is 480 g/mol. The molecule has 0 fully saturated rings. The molecular formula is C25H25N3O5S. The minimum atomic E-state index is -3.78. The van der Waals surface area contributed by atoms with Crippen LogP contribution in [0, 0.1) is 0 Å². The van der Waals surface area contributed by atoms with Crippen LogP contribution in [0.1, 0.15) is 11.1 Å². The van der Waals surface area contributed by atoms with Gasteiger partial charge in [0.2, 0.25) is 15.9 Å². The fraction of sp³-hybridized carbons (Fsp3) is 0.160. The molecule has 4 aromatic rings. The maximum atomic E-state index is 12.7. The van der Waals surface area contributed by atoms with Gasteiger partial charge in [0.15, 0.2) is 0 Å². The van der Waals surface area contributed by atoms with Crippen LogP contribution >= 0.6 is 0 Å². The Morgan fingerprint density at radius 2 is 1.62 bits per heavy atom. The van der Waals surface area contributed by atoms with E-state index in [9.17, 15) is 13.2 Å². The molecule has 0 saturated carbocycles. The van der Waals surface area contributed by atoms with Gasteiger partial charge in [-0.2, -0.15) is 0 Å². The summed E-state index contributed by atoms with van der Waals surface area (Å²) in [5.74, 6) is 1.20. The number of carbonyl (C=O) groups excluding carboxylic acids is 1. The predicted molar refractivity (Wildman–Crippen MR) is 131 cm³/mol. The van der Waals surface area contributed by atoms with Crippen molar-refractivity contribution >= 4 is 32.5 Å². The van der Waals surface area contributed by atoms with E-state index >= 15 is 0 Å². The van der Waals surface area contributed by atoms with Crippen molar-refractivity contribution in [1.29, 1.82) is 0 Å². The SMILES string of the molecule is COc1cc(Cn2cc(CC(=O)Nc3ccc(S(N)(=O)=O)cc3)c3ccccc32)cc(OC)c1. The van der Waals surface area contributed by atoms with Crippen LogP contribution < -0.4 is 19.9 Å². The molecule has 9 heteroatoms. The van der Waals surface area contributed by atoms with Gasteiger partial charge in [0.25, 0.3) is 0 Å². The fourth-order valence-electron chi connectivity index (χ4n) is 3.85. The Balaban J connectivity index is 1.57. The lowest BCUT2D eigenvalue weighted by molar-refractivity contribution is -0.115. The zero-order valence-electron chi connectivity index (χ0n) is 18.8. The third kappa shape index (κ3) is 5.22. The number of primary sulfonamides is 1. The smallest absolute Gasteiger partial charge is 0.238 e. The van der Waals surface area contributed by atoms with Crippen LogP contribution in [0.3, 0.4) is 0 Å². The summed E-state index contributed by atoms with van der Waals surface area (Å²) in [7, 11) is -0.556. The first kappa shape index (κ1) is 23.3. The maximum absolute atomic E-state index is 12.7. The fourth-order valence-corrected chi connectivity index (χ4v) is 4.37. The van der Waals surface area contributed by atoms with Gasteiger partial charge in [-0.15, -0.1) is 0 Å². The number of ether oxygens (including phenoxy) is 2. The molecule has 1 amide bonds. The van der Waals surface area contributed by atoms with Crippen molar-refractivity contribution in [3.05, 3.63) is 84.1 Å². The Morgan fingerprint density at radius 1 is 0.971 bits per heavy atom. The molecular weight excluding hydrogens is 454 g/mol. The molecule has 4 rings (SSSR count). The van der Waals surface area contributed by atoms with Crippen molar-refractivity contribution in [2.24, 2.45) is 5.14 Å². The van der Waals surface area contributed by atoms with Crippen molar-refractivity contribution in [2.75, 3.05) is 19.5 Å². The number of aromatic nitrogens is 1. The number of methoxy groups -OCH3 is 2. The first-order valence-electron chi connectivity index (χ1n) is 10.5. The number of nitrogens with two attached hydrogens (primary N) is 1. The Labute approximate surface area is 198 Å².